The van der Waals surface area contributed by atoms with E-state index in [0.29, 0.717) is 17.1 Å². The summed E-state index contributed by atoms with van der Waals surface area (Å²) in [4.78, 5) is 15.5. The molecular formula is C28H22ClN5O2. The number of methoxy groups -OCH3 is 1. The summed E-state index contributed by atoms with van der Waals surface area (Å²) in [5, 5.41) is 12.8. The van der Waals surface area contributed by atoms with Gasteiger partial charge < -0.3 is 10.1 Å². The number of aromatic nitrogens is 3. The minimum atomic E-state index is -0.439. The molecule has 0 unspecified atom stereocenters. The normalized spacial score (nSPS) is 15.0. The third-order valence-corrected chi connectivity index (χ3v) is 6.64. The minimum absolute atomic E-state index is 0.0867. The Morgan fingerprint density at radius 3 is 2.58 bits per heavy atom. The first-order chi connectivity index (χ1) is 17.6. The second kappa shape index (κ2) is 9.02. The molecule has 0 bridgehead atoms. The molecule has 0 spiro atoms. The molecule has 1 aliphatic rings. The van der Waals surface area contributed by atoms with Crippen LogP contribution in [0.2, 0.25) is 5.02 Å². The molecule has 1 N–H and O–H groups in total. The maximum Gasteiger partial charge on any atom is 0.262 e. The average Bonchev–Trinajstić information content (AvgIpc) is 3.32. The van der Waals surface area contributed by atoms with E-state index in [9.17, 15) is 4.79 Å². The summed E-state index contributed by atoms with van der Waals surface area (Å²) in [5.41, 5.74) is 5.76. The van der Waals surface area contributed by atoms with Gasteiger partial charge in [-0.25, -0.2) is 4.68 Å². The van der Waals surface area contributed by atoms with Gasteiger partial charge in [-0.1, -0.05) is 47.1 Å². The number of carbonyl (C=O) groups is 1. The van der Waals surface area contributed by atoms with Crippen molar-refractivity contribution < 1.29 is 9.53 Å². The van der Waals surface area contributed by atoms with E-state index in [1.165, 1.54) is 0 Å². The fraction of sp³-hybridized carbons (Fsp3) is 0.107. The summed E-state index contributed by atoms with van der Waals surface area (Å²) < 4.78 is 7.52. The molecule has 0 aliphatic carbocycles. The van der Waals surface area contributed by atoms with Crippen LogP contribution in [0.3, 0.4) is 0 Å². The van der Waals surface area contributed by atoms with Gasteiger partial charge in [0.1, 0.15) is 17.4 Å². The molecule has 0 radical (unpaired) electrons. The standard InChI is InChI=1S/C28H22ClN5O2/c1-36-26-15-10-18(16-19(26)17-33-25-9-5-4-8-24(25)31-32-33)27-30-23-7-3-2-6-22(23)28(35)34(27)21-13-11-20(29)12-14-21/h2-16,27,30H,17H2,1H3/t27-/m0/s1. The number of benzene rings is 4. The number of hydrogen-bond acceptors (Lipinski definition) is 5. The molecular weight excluding hydrogens is 474 g/mol. The Hall–Kier alpha value is -4.36. The Balaban J connectivity index is 1.44. The van der Waals surface area contributed by atoms with Crippen molar-refractivity contribution in [2.75, 3.05) is 17.3 Å². The topological polar surface area (TPSA) is 72.3 Å². The first-order valence-corrected chi connectivity index (χ1v) is 11.9. The Kier molecular flexibility index (Phi) is 5.54. The predicted octanol–water partition coefficient (Wildman–Crippen LogP) is 5.91. The Morgan fingerprint density at radius 1 is 0.972 bits per heavy atom. The minimum Gasteiger partial charge on any atom is -0.496 e. The number of nitrogens with one attached hydrogen (secondary N) is 1. The van der Waals surface area contributed by atoms with Crippen LogP contribution in [0.4, 0.5) is 11.4 Å². The molecule has 8 heteroatoms. The fourth-order valence-corrected chi connectivity index (χ4v) is 4.77. The largest absolute Gasteiger partial charge is 0.496 e. The van der Waals surface area contributed by atoms with Crippen LogP contribution in [0, 0.1) is 0 Å². The number of halogens is 1. The molecule has 0 saturated heterocycles. The third-order valence-electron chi connectivity index (χ3n) is 6.39. The molecule has 1 aliphatic heterocycles. The van der Waals surface area contributed by atoms with Crippen molar-refractivity contribution in [1.82, 2.24) is 15.0 Å². The number of anilines is 2. The molecule has 6 rings (SSSR count). The number of ether oxygens (including phenoxy) is 1. The van der Waals surface area contributed by atoms with Gasteiger partial charge in [-0.15, -0.1) is 5.10 Å². The van der Waals surface area contributed by atoms with Gasteiger partial charge in [0.2, 0.25) is 0 Å². The maximum atomic E-state index is 13.7. The van der Waals surface area contributed by atoms with E-state index >= 15 is 0 Å². The molecule has 7 nitrogen and oxygen atoms in total. The monoisotopic (exact) mass is 495 g/mol. The summed E-state index contributed by atoms with van der Waals surface area (Å²) in [5.74, 6) is 0.648. The van der Waals surface area contributed by atoms with Crippen molar-refractivity contribution in [3.63, 3.8) is 0 Å². The first kappa shape index (κ1) is 22.1. The highest BCUT2D eigenvalue weighted by Gasteiger charge is 2.34. The van der Waals surface area contributed by atoms with Crippen LogP contribution in [-0.4, -0.2) is 28.0 Å². The average molecular weight is 496 g/mol. The maximum absolute atomic E-state index is 13.7. The number of para-hydroxylation sites is 2. The molecule has 178 valence electrons. The van der Waals surface area contributed by atoms with Gasteiger partial charge in [-0.2, -0.15) is 0 Å². The molecule has 5 aromatic rings. The first-order valence-electron chi connectivity index (χ1n) is 11.5. The van der Waals surface area contributed by atoms with Gasteiger partial charge in [-0.3, -0.25) is 9.69 Å². The van der Waals surface area contributed by atoms with Gasteiger partial charge in [0.25, 0.3) is 5.91 Å². The van der Waals surface area contributed by atoms with E-state index in [2.05, 4.69) is 21.7 Å². The highest BCUT2D eigenvalue weighted by atomic mass is 35.5. The van der Waals surface area contributed by atoms with Crippen LogP contribution in [0.1, 0.15) is 27.7 Å². The van der Waals surface area contributed by atoms with Gasteiger partial charge in [0.15, 0.2) is 0 Å². The molecule has 1 amide bonds. The second-order valence-electron chi connectivity index (χ2n) is 8.55. The summed E-state index contributed by atoms with van der Waals surface area (Å²) in [6.45, 7) is 0.468. The van der Waals surface area contributed by atoms with Gasteiger partial charge >= 0.3 is 0 Å². The molecule has 4 aromatic carbocycles. The zero-order valence-corrected chi connectivity index (χ0v) is 20.2. The molecule has 36 heavy (non-hydrogen) atoms. The van der Waals surface area contributed by atoms with E-state index in [4.69, 9.17) is 16.3 Å². The van der Waals surface area contributed by atoms with Crippen molar-refractivity contribution >= 4 is 39.9 Å². The highest BCUT2D eigenvalue weighted by molar-refractivity contribution is 6.30. The molecule has 0 saturated carbocycles. The van der Waals surface area contributed by atoms with Crippen molar-refractivity contribution in [2.24, 2.45) is 0 Å². The van der Waals surface area contributed by atoms with Crippen LogP contribution < -0.4 is 15.0 Å². The zero-order valence-electron chi connectivity index (χ0n) is 19.4. The molecule has 2 heterocycles. The third kappa shape index (κ3) is 3.83. The lowest BCUT2D eigenvalue weighted by molar-refractivity contribution is 0.0975. The van der Waals surface area contributed by atoms with E-state index < -0.39 is 6.17 Å². The second-order valence-corrected chi connectivity index (χ2v) is 8.99. The van der Waals surface area contributed by atoms with Crippen LogP contribution in [-0.2, 0) is 6.54 Å². The lowest BCUT2D eigenvalue weighted by Crippen LogP contribution is -2.43. The number of fused-ring (bicyclic) bond motifs is 2. The lowest BCUT2D eigenvalue weighted by atomic mass is 10.0. The Labute approximate surface area is 212 Å². The SMILES string of the molecule is COc1ccc([C@H]2Nc3ccccc3C(=O)N2c2ccc(Cl)cc2)cc1Cn1nnc2ccccc21. The quantitative estimate of drug-likeness (QED) is 0.328. The van der Waals surface area contributed by atoms with Gasteiger partial charge in [-0.05, 0) is 66.2 Å². The van der Waals surface area contributed by atoms with Crippen molar-refractivity contribution in [2.45, 2.75) is 12.7 Å². The van der Waals surface area contributed by atoms with Crippen LogP contribution in [0.25, 0.3) is 11.0 Å². The smallest absolute Gasteiger partial charge is 0.262 e. The van der Waals surface area contributed by atoms with E-state index in [0.717, 1.165) is 39.3 Å². The summed E-state index contributed by atoms with van der Waals surface area (Å²) in [6, 6.07) is 28.6. The molecule has 1 atom stereocenters. The number of carbonyl (C=O) groups excluding carboxylic acids is 1. The predicted molar refractivity (Wildman–Crippen MR) is 141 cm³/mol. The number of hydrogen-bond donors (Lipinski definition) is 1. The van der Waals surface area contributed by atoms with Crippen molar-refractivity contribution in [1.29, 1.82) is 0 Å². The summed E-state index contributed by atoms with van der Waals surface area (Å²) in [6.07, 6.45) is -0.439. The fourth-order valence-electron chi connectivity index (χ4n) is 4.64. The van der Waals surface area contributed by atoms with Crippen molar-refractivity contribution in [3.8, 4) is 5.75 Å². The van der Waals surface area contributed by atoms with E-state index in [1.54, 1.807) is 24.1 Å². The summed E-state index contributed by atoms with van der Waals surface area (Å²) in [7, 11) is 1.65. The number of amides is 1. The van der Waals surface area contributed by atoms with E-state index in [-0.39, 0.29) is 5.91 Å². The number of rotatable bonds is 5. The molecule has 0 fully saturated rings. The van der Waals surface area contributed by atoms with Crippen molar-refractivity contribution in [3.05, 3.63) is 113 Å². The zero-order chi connectivity index (χ0) is 24.6. The number of nitrogens with zero attached hydrogens (tertiary/aromatic N) is 4. The van der Waals surface area contributed by atoms with Gasteiger partial charge in [0, 0.05) is 22.0 Å². The highest BCUT2D eigenvalue weighted by Crippen LogP contribution is 2.38. The van der Waals surface area contributed by atoms with Crippen LogP contribution in [0.5, 0.6) is 5.75 Å². The Morgan fingerprint density at radius 2 is 1.75 bits per heavy atom. The van der Waals surface area contributed by atoms with Crippen LogP contribution >= 0.6 is 11.6 Å². The lowest BCUT2D eigenvalue weighted by Gasteiger charge is -2.38. The summed E-state index contributed by atoms with van der Waals surface area (Å²) >= 11 is 6.14. The van der Waals surface area contributed by atoms with E-state index in [1.807, 2.05) is 77.5 Å². The molecule has 1 aromatic heterocycles. The van der Waals surface area contributed by atoms with Gasteiger partial charge in [0.05, 0.1) is 24.7 Å². The Bertz CT molecular complexity index is 1580. The van der Waals surface area contributed by atoms with Crippen LogP contribution in [0.15, 0.2) is 91.0 Å².